The highest BCUT2D eigenvalue weighted by Crippen LogP contribution is 2.53. The number of pyridine rings is 1. The average molecular weight is 981 g/mol. The summed E-state index contributed by atoms with van der Waals surface area (Å²) >= 11 is 0. The van der Waals surface area contributed by atoms with Crippen LogP contribution >= 0.6 is 0 Å². The molecule has 77 heavy (non-hydrogen) atoms. The summed E-state index contributed by atoms with van der Waals surface area (Å²) < 4.78 is 0. The third-order valence-electron chi connectivity index (χ3n) is 16.7. The molecule has 2 aromatic heterocycles. The van der Waals surface area contributed by atoms with Crippen LogP contribution in [-0.4, -0.2) is 21.0 Å². The van der Waals surface area contributed by atoms with Crippen molar-refractivity contribution >= 4 is 55.1 Å². The number of hydrogen-bond acceptors (Lipinski definition) is 4. The molecule has 16 rings (SSSR count). The van der Waals surface area contributed by atoms with Crippen LogP contribution in [0.5, 0.6) is 0 Å². The molecule has 3 heterocycles. The Kier molecular flexibility index (Phi) is 9.41. The van der Waals surface area contributed by atoms with E-state index in [0.717, 1.165) is 83.1 Å². The van der Waals surface area contributed by atoms with Gasteiger partial charge in [-0.15, -0.1) is 0 Å². The number of aromatic nitrogens is 3. The van der Waals surface area contributed by atoms with Crippen LogP contribution < -0.4 is 5.32 Å². The van der Waals surface area contributed by atoms with Crippen molar-refractivity contribution < 1.29 is 0 Å². The normalized spacial score (nSPS) is 13.6. The summed E-state index contributed by atoms with van der Waals surface area (Å²) in [5, 5.41) is 10.9. The molecule has 0 amide bonds. The van der Waals surface area contributed by atoms with Gasteiger partial charge in [0.2, 0.25) is 0 Å². The van der Waals surface area contributed by atoms with Gasteiger partial charge in [-0.2, -0.15) is 0 Å². The minimum atomic E-state index is 0.238. The standard InChI is InChI=1S/C73H48N4/c1-41-37-47(53-21-9-14-45-27-26-43(3)75-70(45)53)28-30-49(41)71-66-40-48(51-32-34-63-56-18-6-4-16-54(56)60-23-10-22-59(51)67(60)63)39-65(58-33-35-64-57-19-7-5-17-55(57)61-24-11-25-62(58)68(61)64)72(66)77-73(76-71)50-31-29-46(38-42(50)2)52-20-8-13-44-15-12-36-74-69(44)52/h4-40,43,75H,1-3H3. The van der Waals surface area contributed by atoms with Crippen molar-refractivity contribution in [3.8, 4) is 112 Å². The molecule has 0 radical (unpaired) electrons. The molecule has 360 valence electrons. The van der Waals surface area contributed by atoms with Crippen LogP contribution in [-0.2, 0) is 0 Å². The molecular formula is C73H48N4. The largest absolute Gasteiger partial charge is 0.378 e. The zero-order valence-electron chi connectivity index (χ0n) is 42.8. The van der Waals surface area contributed by atoms with Gasteiger partial charge in [-0.05, 0) is 150 Å². The van der Waals surface area contributed by atoms with Crippen molar-refractivity contribution in [1.29, 1.82) is 0 Å². The van der Waals surface area contributed by atoms with Crippen LogP contribution in [0, 0.1) is 13.8 Å². The van der Waals surface area contributed by atoms with Crippen molar-refractivity contribution in [3.05, 3.63) is 235 Å². The molecule has 1 aliphatic heterocycles. The number of hydrogen-bond donors (Lipinski definition) is 1. The summed E-state index contributed by atoms with van der Waals surface area (Å²) in [4.78, 5) is 16.4. The van der Waals surface area contributed by atoms with Crippen molar-refractivity contribution in [2.24, 2.45) is 0 Å². The van der Waals surface area contributed by atoms with Gasteiger partial charge in [-0.25, -0.2) is 9.97 Å². The molecule has 11 aromatic carbocycles. The molecule has 0 bridgehead atoms. The molecule has 4 nitrogen and oxygen atoms in total. The minimum absolute atomic E-state index is 0.238. The predicted octanol–water partition coefficient (Wildman–Crippen LogP) is 19.2. The first-order valence-electron chi connectivity index (χ1n) is 26.7. The second kappa shape index (κ2) is 16.6. The highest BCUT2D eigenvalue weighted by molar-refractivity contribution is 6.22. The highest BCUT2D eigenvalue weighted by Gasteiger charge is 2.28. The maximum absolute atomic E-state index is 5.80. The molecule has 0 saturated heterocycles. The SMILES string of the molecule is Cc1cc(-c2cccc3cccnc23)ccc1-c1nc(-c2ccc(-c3cccc4c3NC(C)C=C4)cc2C)c2cc(-c3ccc4c5c(cccc35)-c3ccccc3-4)cc(-c3ccc4c5c(cccc35)-c3ccccc3-4)c2n1. The van der Waals surface area contributed by atoms with Gasteiger partial charge in [0.1, 0.15) is 0 Å². The van der Waals surface area contributed by atoms with E-state index in [-0.39, 0.29) is 6.04 Å². The average Bonchev–Trinajstić information content (AvgIpc) is 4.05. The van der Waals surface area contributed by atoms with E-state index >= 15 is 0 Å². The third-order valence-corrected chi connectivity index (χ3v) is 16.7. The van der Waals surface area contributed by atoms with E-state index in [1.165, 1.54) is 88.4 Å². The minimum Gasteiger partial charge on any atom is -0.378 e. The Balaban J connectivity index is 0.981. The van der Waals surface area contributed by atoms with Gasteiger partial charge in [0, 0.05) is 56.5 Å². The van der Waals surface area contributed by atoms with Crippen molar-refractivity contribution in [3.63, 3.8) is 0 Å². The number of rotatable bonds is 6. The smallest absolute Gasteiger partial charge is 0.160 e. The Hall–Kier alpha value is -9.77. The number of aryl methyl sites for hydroxylation is 2. The summed E-state index contributed by atoms with van der Waals surface area (Å²) in [5.74, 6) is 0.689. The molecular weight excluding hydrogens is 933 g/mol. The lowest BCUT2D eigenvalue weighted by molar-refractivity contribution is 0.993. The Morgan fingerprint density at radius 3 is 1.62 bits per heavy atom. The fourth-order valence-electron chi connectivity index (χ4n) is 13.2. The van der Waals surface area contributed by atoms with Crippen LogP contribution in [0.15, 0.2) is 219 Å². The van der Waals surface area contributed by atoms with E-state index in [2.05, 4.69) is 238 Å². The van der Waals surface area contributed by atoms with Crippen LogP contribution in [0.25, 0.3) is 161 Å². The van der Waals surface area contributed by atoms with E-state index < -0.39 is 0 Å². The first-order valence-corrected chi connectivity index (χ1v) is 26.7. The lowest BCUT2D eigenvalue weighted by atomic mass is 9.87. The molecule has 1 N–H and O–H groups in total. The molecule has 0 saturated carbocycles. The van der Waals surface area contributed by atoms with Crippen LogP contribution in [0.1, 0.15) is 23.6 Å². The molecule has 1 unspecified atom stereocenters. The number of para-hydroxylation sites is 2. The number of nitrogens with one attached hydrogen (secondary N) is 1. The highest BCUT2D eigenvalue weighted by atomic mass is 14.9. The first kappa shape index (κ1) is 43.6. The van der Waals surface area contributed by atoms with Gasteiger partial charge >= 0.3 is 0 Å². The zero-order valence-corrected chi connectivity index (χ0v) is 42.8. The Labute approximate surface area is 446 Å². The maximum Gasteiger partial charge on any atom is 0.160 e. The Morgan fingerprint density at radius 1 is 0.377 bits per heavy atom. The molecule has 13 aromatic rings. The van der Waals surface area contributed by atoms with Gasteiger partial charge in [0.25, 0.3) is 0 Å². The van der Waals surface area contributed by atoms with Crippen molar-refractivity contribution in [2.75, 3.05) is 5.32 Å². The lowest BCUT2D eigenvalue weighted by Crippen LogP contribution is -2.16. The number of benzene rings is 11. The Bertz CT molecular complexity index is 4710. The molecule has 2 aliphatic carbocycles. The predicted molar refractivity (Wildman–Crippen MR) is 323 cm³/mol. The summed E-state index contributed by atoms with van der Waals surface area (Å²) in [6, 6.07) is 76.4. The van der Waals surface area contributed by atoms with Crippen LogP contribution in [0.2, 0.25) is 0 Å². The van der Waals surface area contributed by atoms with Gasteiger partial charge < -0.3 is 5.32 Å². The van der Waals surface area contributed by atoms with Gasteiger partial charge in [0.15, 0.2) is 5.82 Å². The second-order valence-electron chi connectivity index (χ2n) is 21.2. The van der Waals surface area contributed by atoms with Crippen LogP contribution in [0.4, 0.5) is 5.69 Å². The topological polar surface area (TPSA) is 50.7 Å². The number of anilines is 1. The van der Waals surface area contributed by atoms with Crippen molar-refractivity contribution in [1.82, 2.24) is 15.0 Å². The molecule has 4 heteroatoms. The lowest BCUT2D eigenvalue weighted by Gasteiger charge is -2.23. The molecule has 0 spiro atoms. The van der Waals surface area contributed by atoms with Gasteiger partial charge in [-0.1, -0.05) is 200 Å². The van der Waals surface area contributed by atoms with E-state index in [9.17, 15) is 0 Å². The van der Waals surface area contributed by atoms with E-state index in [1.54, 1.807) is 0 Å². The maximum atomic E-state index is 5.80. The zero-order chi connectivity index (χ0) is 51.0. The summed E-state index contributed by atoms with van der Waals surface area (Å²) in [5.41, 5.74) is 28.8. The van der Waals surface area contributed by atoms with E-state index in [1.807, 2.05) is 12.3 Å². The van der Waals surface area contributed by atoms with Crippen molar-refractivity contribution in [2.45, 2.75) is 26.8 Å². The van der Waals surface area contributed by atoms with E-state index in [4.69, 9.17) is 15.0 Å². The molecule has 0 fully saturated rings. The summed E-state index contributed by atoms with van der Waals surface area (Å²) in [7, 11) is 0. The summed E-state index contributed by atoms with van der Waals surface area (Å²) in [6.45, 7) is 6.63. The third kappa shape index (κ3) is 6.55. The van der Waals surface area contributed by atoms with Crippen LogP contribution in [0.3, 0.4) is 0 Å². The van der Waals surface area contributed by atoms with E-state index in [0.29, 0.717) is 5.82 Å². The fraction of sp³-hybridized carbons (Fsp3) is 0.0548. The summed E-state index contributed by atoms with van der Waals surface area (Å²) in [6.07, 6.45) is 6.34. The fourth-order valence-corrected chi connectivity index (χ4v) is 13.2. The Morgan fingerprint density at radius 2 is 0.922 bits per heavy atom. The monoisotopic (exact) mass is 980 g/mol. The molecule has 1 atom stereocenters. The first-order chi connectivity index (χ1) is 37.9. The number of nitrogens with zero attached hydrogens (tertiary/aromatic N) is 3. The van der Waals surface area contributed by atoms with Gasteiger partial charge in [0.05, 0.1) is 16.7 Å². The molecule has 3 aliphatic rings. The second-order valence-corrected chi connectivity index (χ2v) is 21.2. The number of fused-ring (bicyclic) bond motifs is 9. The quantitative estimate of drug-likeness (QED) is 0.180. The van der Waals surface area contributed by atoms with Gasteiger partial charge in [-0.3, -0.25) is 4.98 Å².